The number of carbonyl (C=O) groups excluding carboxylic acids is 2. The van der Waals surface area contributed by atoms with Crippen LogP contribution in [0.5, 0.6) is 5.75 Å². The van der Waals surface area contributed by atoms with Crippen LogP contribution in [0.2, 0.25) is 0 Å². The van der Waals surface area contributed by atoms with Crippen molar-refractivity contribution in [1.82, 2.24) is 0 Å². The topological polar surface area (TPSA) is 77.8 Å². The Morgan fingerprint density at radius 1 is 0.967 bits per heavy atom. The number of hydrogen-bond donors (Lipinski definition) is 2. The van der Waals surface area contributed by atoms with Crippen molar-refractivity contribution in [3.05, 3.63) is 99.5 Å². The first-order valence-corrected chi connectivity index (χ1v) is 10.1. The van der Waals surface area contributed by atoms with Crippen LogP contribution in [0.4, 0.5) is 5.69 Å². The molecule has 0 saturated carbocycles. The zero-order chi connectivity index (χ0) is 21.4. The fourth-order valence-corrected chi connectivity index (χ4v) is 3.96. The third-order valence-corrected chi connectivity index (χ3v) is 5.97. The third kappa shape index (κ3) is 3.39. The highest BCUT2D eigenvalue weighted by Gasteiger charge is 2.47. The van der Waals surface area contributed by atoms with Crippen LogP contribution in [0.3, 0.4) is 0 Å². The Hall–Kier alpha value is -3.38. The first-order valence-electron chi connectivity index (χ1n) is 9.30. The number of aliphatic hydroxyl groups is 1. The molecule has 1 aliphatic rings. The minimum atomic E-state index is -0.882. The van der Waals surface area contributed by atoms with Gasteiger partial charge in [0.15, 0.2) is 0 Å². The smallest absolute Gasteiger partial charge is 0.300 e. The molecule has 1 aliphatic heterocycles. The normalized spacial score (nSPS) is 18.1. The molecule has 1 atom stereocenters. The first-order chi connectivity index (χ1) is 14.4. The number of carbonyl (C=O) groups is 2. The zero-order valence-corrected chi connectivity index (χ0v) is 17.6. The van der Waals surface area contributed by atoms with Crippen LogP contribution in [0.25, 0.3) is 5.76 Å². The number of amides is 1. The number of aryl methyl sites for hydroxylation is 1. The molecule has 1 fully saturated rings. The summed E-state index contributed by atoms with van der Waals surface area (Å²) < 4.78 is 0.791. The van der Waals surface area contributed by atoms with Crippen LogP contribution in [0.15, 0.2) is 82.8 Å². The van der Waals surface area contributed by atoms with E-state index in [1.807, 2.05) is 13.0 Å². The molecule has 1 heterocycles. The van der Waals surface area contributed by atoms with Crippen LogP contribution in [-0.2, 0) is 9.59 Å². The molecule has 0 spiro atoms. The van der Waals surface area contributed by atoms with E-state index in [0.717, 1.165) is 10.0 Å². The molecular weight excluding hydrogens is 446 g/mol. The number of rotatable bonds is 3. The van der Waals surface area contributed by atoms with Gasteiger partial charge in [0.1, 0.15) is 11.5 Å². The Bertz CT molecular complexity index is 1190. The number of hydrogen-bond acceptors (Lipinski definition) is 4. The molecule has 5 nitrogen and oxygen atoms in total. The highest BCUT2D eigenvalue weighted by atomic mass is 79.9. The number of aromatic hydroxyl groups is 1. The average molecular weight is 464 g/mol. The largest absolute Gasteiger partial charge is 0.508 e. The summed E-state index contributed by atoms with van der Waals surface area (Å²) in [5, 5.41) is 21.0. The van der Waals surface area contributed by atoms with Gasteiger partial charge in [-0.25, -0.2) is 0 Å². The first kappa shape index (κ1) is 19.9. The molecule has 0 bridgehead atoms. The van der Waals surface area contributed by atoms with E-state index in [1.165, 1.54) is 17.0 Å². The zero-order valence-electron chi connectivity index (χ0n) is 16.0. The molecule has 0 aromatic heterocycles. The van der Waals surface area contributed by atoms with Crippen molar-refractivity contribution in [2.24, 2.45) is 0 Å². The number of benzene rings is 3. The lowest BCUT2D eigenvalue weighted by Crippen LogP contribution is -2.29. The molecule has 3 aromatic carbocycles. The maximum atomic E-state index is 13.1. The fourth-order valence-electron chi connectivity index (χ4n) is 3.59. The summed E-state index contributed by atoms with van der Waals surface area (Å²) in [6.07, 6.45) is 0. The van der Waals surface area contributed by atoms with Gasteiger partial charge >= 0.3 is 0 Å². The van der Waals surface area contributed by atoms with Crippen molar-refractivity contribution in [2.45, 2.75) is 13.0 Å². The van der Waals surface area contributed by atoms with Gasteiger partial charge in [-0.1, -0.05) is 64.5 Å². The lowest BCUT2D eigenvalue weighted by molar-refractivity contribution is -0.132. The van der Waals surface area contributed by atoms with E-state index in [-0.39, 0.29) is 17.1 Å². The van der Waals surface area contributed by atoms with Crippen LogP contribution < -0.4 is 4.90 Å². The minimum Gasteiger partial charge on any atom is -0.508 e. The molecule has 30 heavy (non-hydrogen) atoms. The molecule has 3 aromatic rings. The molecule has 0 radical (unpaired) electrons. The molecule has 4 rings (SSSR count). The van der Waals surface area contributed by atoms with Gasteiger partial charge in [0, 0.05) is 15.7 Å². The summed E-state index contributed by atoms with van der Waals surface area (Å²) in [4.78, 5) is 27.5. The van der Waals surface area contributed by atoms with Crippen molar-refractivity contribution in [1.29, 1.82) is 0 Å². The molecule has 6 heteroatoms. The van der Waals surface area contributed by atoms with E-state index in [1.54, 1.807) is 54.6 Å². The van der Waals surface area contributed by atoms with Gasteiger partial charge in [0.05, 0.1) is 11.6 Å². The second-order valence-corrected chi connectivity index (χ2v) is 7.92. The van der Waals surface area contributed by atoms with Crippen molar-refractivity contribution in [2.75, 3.05) is 4.90 Å². The highest BCUT2D eigenvalue weighted by Crippen LogP contribution is 2.43. The molecule has 0 aliphatic carbocycles. The second kappa shape index (κ2) is 7.80. The summed E-state index contributed by atoms with van der Waals surface area (Å²) in [7, 11) is 0. The maximum Gasteiger partial charge on any atom is 0.300 e. The minimum absolute atomic E-state index is 0.00267. The van der Waals surface area contributed by atoms with Gasteiger partial charge in [-0.05, 0) is 42.3 Å². The van der Waals surface area contributed by atoms with Crippen molar-refractivity contribution < 1.29 is 19.8 Å². The molecule has 1 saturated heterocycles. The lowest BCUT2D eigenvalue weighted by Gasteiger charge is -2.26. The van der Waals surface area contributed by atoms with Gasteiger partial charge in [-0.3, -0.25) is 14.5 Å². The van der Waals surface area contributed by atoms with E-state index >= 15 is 0 Å². The second-order valence-electron chi connectivity index (χ2n) is 7.06. The SMILES string of the molecule is Cc1ccc(N2C(=O)C(=O)C(=C(O)c3ccccc3)[C@H]2c2cccc(O)c2)cc1Br. The Morgan fingerprint density at radius 2 is 1.70 bits per heavy atom. The Morgan fingerprint density at radius 3 is 2.37 bits per heavy atom. The van der Waals surface area contributed by atoms with Gasteiger partial charge in [-0.2, -0.15) is 0 Å². The lowest BCUT2D eigenvalue weighted by atomic mass is 9.95. The summed E-state index contributed by atoms with van der Waals surface area (Å²) >= 11 is 3.47. The summed E-state index contributed by atoms with van der Waals surface area (Å²) in [5.74, 6) is -1.77. The number of phenolic OH excluding ortho intramolecular Hbond substituents is 1. The van der Waals surface area contributed by atoms with Crippen LogP contribution >= 0.6 is 15.9 Å². The molecule has 150 valence electrons. The fraction of sp³-hybridized carbons (Fsp3) is 0.0833. The predicted molar refractivity (Wildman–Crippen MR) is 118 cm³/mol. The monoisotopic (exact) mass is 463 g/mol. The number of anilines is 1. The predicted octanol–water partition coefficient (Wildman–Crippen LogP) is 5.09. The molecule has 0 unspecified atom stereocenters. The number of nitrogens with zero attached hydrogens (tertiary/aromatic N) is 1. The van der Waals surface area contributed by atoms with Crippen molar-refractivity contribution in [3.63, 3.8) is 0 Å². The van der Waals surface area contributed by atoms with Crippen molar-refractivity contribution >= 4 is 39.1 Å². The van der Waals surface area contributed by atoms with E-state index in [9.17, 15) is 19.8 Å². The molecule has 1 amide bonds. The summed E-state index contributed by atoms with van der Waals surface area (Å²) in [6.45, 7) is 1.92. The summed E-state index contributed by atoms with van der Waals surface area (Å²) in [5.41, 5.74) is 2.42. The van der Waals surface area contributed by atoms with Gasteiger partial charge in [0.2, 0.25) is 0 Å². The van der Waals surface area contributed by atoms with E-state index in [4.69, 9.17) is 0 Å². The maximum absolute atomic E-state index is 13.1. The Kier molecular flexibility index (Phi) is 5.18. The van der Waals surface area contributed by atoms with Crippen LogP contribution in [0.1, 0.15) is 22.7 Å². The van der Waals surface area contributed by atoms with Gasteiger partial charge in [-0.15, -0.1) is 0 Å². The Balaban J connectivity index is 1.97. The van der Waals surface area contributed by atoms with Crippen molar-refractivity contribution in [3.8, 4) is 5.75 Å². The van der Waals surface area contributed by atoms with Crippen LogP contribution in [-0.4, -0.2) is 21.9 Å². The third-order valence-electron chi connectivity index (χ3n) is 5.11. The molecular formula is C24H18BrNO4. The standard InChI is InChI=1S/C24H18BrNO4/c1-14-10-11-17(13-19(14)25)26-21(16-8-5-9-18(27)12-16)20(23(29)24(26)30)22(28)15-6-3-2-4-7-15/h2-13,21,27-28H,1H3/t21-/m1/s1. The summed E-state index contributed by atoms with van der Waals surface area (Å²) in [6, 6.07) is 19.5. The van der Waals surface area contributed by atoms with E-state index in [0.29, 0.717) is 16.8 Å². The number of ketones is 1. The number of phenols is 1. The van der Waals surface area contributed by atoms with Crippen LogP contribution in [0, 0.1) is 6.92 Å². The van der Waals surface area contributed by atoms with Gasteiger partial charge < -0.3 is 10.2 Å². The number of halogens is 1. The average Bonchev–Trinajstić information content (AvgIpc) is 3.01. The van der Waals surface area contributed by atoms with Gasteiger partial charge in [0.25, 0.3) is 11.7 Å². The Labute approximate surface area is 182 Å². The number of aliphatic hydroxyl groups excluding tert-OH is 1. The molecule has 2 N–H and O–H groups in total. The number of Topliss-reactive ketones (excluding diaryl/α,β-unsaturated/α-hetero) is 1. The quantitative estimate of drug-likeness (QED) is 0.322. The van der Waals surface area contributed by atoms with E-state index < -0.39 is 17.7 Å². The highest BCUT2D eigenvalue weighted by molar-refractivity contribution is 9.10. The van der Waals surface area contributed by atoms with E-state index in [2.05, 4.69) is 15.9 Å².